The number of morpholine rings is 1. The first-order valence-corrected chi connectivity index (χ1v) is 10.8. The van der Waals surface area contributed by atoms with Crippen LogP contribution in [0.4, 0.5) is 30.6 Å². The van der Waals surface area contributed by atoms with Crippen LogP contribution < -0.4 is 14.9 Å². The van der Waals surface area contributed by atoms with Crippen molar-refractivity contribution in [2.24, 2.45) is 0 Å². The number of hydrogen-bond acceptors (Lipinski definition) is 7. The molecule has 1 spiro atoms. The van der Waals surface area contributed by atoms with Gasteiger partial charge in [0.25, 0.3) is 6.43 Å². The van der Waals surface area contributed by atoms with Gasteiger partial charge >= 0.3 is 0 Å². The summed E-state index contributed by atoms with van der Waals surface area (Å²) in [7, 11) is -4.03. The molecule has 2 heterocycles. The Morgan fingerprint density at radius 2 is 1.97 bits per heavy atom. The van der Waals surface area contributed by atoms with Crippen LogP contribution in [0.2, 0.25) is 0 Å². The van der Waals surface area contributed by atoms with Crippen LogP contribution >= 0.6 is 0 Å². The van der Waals surface area contributed by atoms with Gasteiger partial charge in [-0.25, -0.2) is 31.3 Å². The fourth-order valence-corrected chi connectivity index (χ4v) is 4.22. The van der Waals surface area contributed by atoms with Crippen molar-refractivity contribution in [2.45, 2.75) is 29.8 Å². The van der Waals surface area contributed by atoms with Crippen LogP contribution in [0, 0.1) is 5.82 Å². The zero-order valence-electron chi connectivity index (χ0n) is 15.8. The Bertz CT molecular complexity index is 1020. The highest BCUT2D eigenvalue weighted by molar-refractivity contribution is 7.89. The summed E-state index contributed by atoms with van der Waals surface area (Å²) >= 11 is 0. The Hall–Kier alpha value is -2.44. The lowest BCUT2D eigenvalue weighted by Crippen LogP contribution is -2.44. The number of halogens is 3. The number of nitrogens with zero attached hydrogens (tertiary/aromatic N) is 3. The van der Waals surface area contributed by atoms with E-state index in [0.29, 0.717) is 25.4 Å². The molecule has 1 aliphatic heterocycles. The van der Waals surface area contributed by atoms with Crippen molar-refractivity contribution in [3.63, 3.8) is 0 Å². The van der Waals surface area contributed by atoms with E-state index in [1.807, 2.05) is 9.62 Å². The summed E-state index contributed by atoms with van der Waals surface area (Å²) in [4.78, 5) is 9.88. The standard InChI is InChI=1S/C18H20F3N5O3S/c19-14-9-22-17(25-16(14)26-7-8-29-18(11-26)5-6-18)24-12-1-3-13(4-2-12)30(27,28)23-10-15(20)21/h1-4,9,15,23H,5-8,10-11H2,(H,22,24,25). The molecule has 162 valence electrons. The van der Waals surface area contributed by atoms with Crippen LogP contribution in [0.5, 0.6) is 0 Å². The number of alkyl halides is 2. The lowest BCUT2D eigenvalue weighted by atomic mass is 10.2. The van der Waals surface area contributed by atoms with E-state index in [1.165, 1.54) is 24.3 Å². The van der Waals surface area contributed by atoms with Crippen molar-refractivity contribution in [2.75, 3.05) is 36.5 Å². The maximum atomic E-state index is 14.3. The molecule has 2 aromatic rings. The third kappa shape index (κ3) is 4.65. The van der Waals surface area contributed by atoms with Crippen molar-refractivity contribution in [1.29, 1.82) is 0 Å². The molecule has 0 atom stereocenters. The van der Waals surface area contributed by atoms with Crippen molar-refractivity contribution in [1.82, 2.24) is 14.7 Å². The maximum Gasteiger partial charge on any atom is 0.251 e. The largest absolute Gasteiger partial charge is 0.371 e. The molecule has 2 fully saturated rings. The van der Waals surface area contributed by atoms with Gasteiger partial charge in [0.1, 0.15) is 0 Å². The minimum Gasteiger partial charge on any atom is -0.371 e. The molecule has 1 saturated carbocycles. The summed E-state index contributed by atoms with van der Waals surface area (Å²) in [5, 5.41) is 2.89. The van der Waals surface area contributed by atoms with Gasteiger partial charge < -0.3 is 15.0 Å². The zero-order valence-corrected chi connectivity index (χ0v) is 16.6. The van der Waals surface area contributed by atoms with Crippen molar-refractivity contribution in [3.8, 4) is 0 Å². The minimum atomic E-state index is -4.03. The average Bonchev–Trinajstić information content (AvgIpc) is 3.46. The number of nitrogens with one attached hydrogen (secondary N) is 2. The normalized spacial score (nSPS) is 18.1. The van der Waals surface area contributed by atoms with E-state index in [4.69, 9.17) is 4.74 Å². The smallest absolute Gasteiger partial charge is 0.251 e. The Morgan fingerprint density at radius 3 is 2.63 bits per heavy atom. The molecule has 0 unspecified atom stereocenters. The van der Waals surface area contributed by atoms with E-state index in [9.17, 15) is 21.6 Å². The van der Waals surface area contributed by atoms with E-state index >= 15 is 0 Å². The molecule has 12 heteroatoms. The molecule has 1 saturated heterocycles. The first kappa shape index (κ1) is 20.8. The van der Waals surface area contributed by atoms with E-state index in [1.54, 1.807) is 0 Å². The SMILES string of the molecule is O=S(=O)(NCC(F)F)c1ccc(Nc2ncc(F)c(N3CCOC4(CC4)C3)n2)cc1. The summed E-state index contributed by atoms with van der Waals surface area (Å²) in [5.41, 5.74) is 0.268. The van der Waals surface area contributed by atoms with Gasteiger partial charge in [0.05, 0.1) is 29.8 Å². The second kappa shape index (κ2) is 8.00. The van der Waals surface area contributed by atoms with Gasteiger partial charge in [-0.1, -0.05) is 0 Å². The van der Waals surface area contributed by atoms with Gasteiger partial charge in [0.15, 0.2) is 11.6 Å². The zero-order chi connectivity index (χ0) is 21.4. The van der Waals surface area contributed by atoms with Crippen LogP contribution in [-0.4, -0.2) is 56.7 Å². The van der Waals surface area contributed by atoms with Crippen LogP contribution in [0.25, 0.3) is 0 Å². The predicted molar refractivity (Wildman–Crippen MR) is 103 cm³/mol. The molecule has 30 heavy (non-hydrogen) atoms. The molecular formula is C18H20F3N5O3S. The van der Waals surface area contributed by atoms with Gasteiger partial charge in [-0.3, -0.25) is 0 Å². The van der Waals surface area contributed by atoms with Gasteiger partial charge in [-0.05, 0) is 37.1 Å². The Kier molecular flexibility index (Phi) is 5.55. The number of ether oxygens (including phenoxy) is 1. The number of anilines is 3. The van der Waals surface area contributed by atoms with Crippen LogP contribution in [0.3, 0.4) is 0 Å². The van der Waals surface area contributed by atoms with Gasteiger partial charge in [0, 0.05) is 18.8 Å². The fraction of sp³-hybridized carbons (Fsp3) is 0.444. The highest BCUT2D eigenvalue weighted by Crippen LogP contribution is 2.43. The lowest BCUT2D eigenvalue weighted by molar-refractivity contribution is 0.0201. The second-order valence-electron chi connectivity index (χ2n) is 7.21. The summed E-state index contributed by atoms with van der Waals surface area (Å²) in [6.07, 6.45) is 0.185. The third-order valence-corrected chi connectivity index (χ3v) is 6.37. The summed E-state index contributed by atoms with van der Waals surface area (Å²) in [6, 6.07) is 5.41. The van der Waals surface area contributed by atoms with Crippen molar-refractivity contribution in [3.05, 3.63) is 36.3 Å². The number of hydrogen-bond donors (Lipinski definition) is 2. The molecule has 0 amide bonds. The van der Waals surface area contributed by atoms with Crippen LogP contribution in [0.15, 0.2) is 35.4 Å². The van der Waals surface area contributed by atoms with E-state index in [-0.39, 0.29) is 22.3 Å². The quantitative estimate of drug-likeness (QED) is 0.678. The van der Waals surface area contributed by atoms with Gasteiger partial charge in [-0.15, -0.1) is 0 Å². The van der Waals surface area contributed by atoms with E-state index < -0.39 is 28.8 Å². The summed E-state index contributed by atoms with van der Waals surface area (Å²) in [6.45, 7) is 0.630. The molecule has 0 bridgehead atoms. The van der Waals surface area contributed by atoms with Crippen LogP contribution in [0.1, 0.15) is 12.8 Å². The summed E-state index contributed by atoms with van der Waals surface area (Å²) < 4.78 is 70.3. The molecule has 4 rings (SSSR count). The highest BCUT2D eigenvalue weighted by Gasteiger charge is 2.48. The predicted octanol–water partition coefficient (Wildman–Crippen LogP) is 2.27. The second-order valence-corrected chi connectivity index (χ2v) is 8.98. The molecule has 1 aromatic carbocycles. The van der Waals surface area contributed by atoms with Gasteiger partial charge in [0.2, 0.25) is 16.0 Å². The molecule has 1 aromatic heterocycles. The monoisotopic (exact) mass is 443 g/mol. The van der Waals surface area contributed by atoms with E-state index in [2.05, 4.69) is 15.3 Å². The Morgan fingerprint density at radius 1 is 1.23 bits per heavy atom. The first-order valence-electron chi connectivity index (χ1n) is 9.33. The Labute approximate surface area is 171 Å². The number of benzene rings is 1. The van der Waals surface area contributed by atoms with E-state index in [0.717, 1.165) is 19.0 Å². The summed E-state index contributed by atoms with van der Waals surface area (Å²) in [5.74, 6) is -0.212. The maximum absolute atomic E-state index is 14.3. The average molecular weight is 443 g/mol. The Balaban J connectivity index is 1.47. The fourth-order valence-electron chi connectivity index (χ4n) is 3.21. The molecule has 2 aliphatic rings. The minimum absolute atomic E-state index is 0.147. The first-order chi connectivity index (χ1) is 14.3. The van der Waals surface area contributed by atoms with Gasteiger partial charge in [-0.2, -0.15) is 4.98 Å². The molecule has 8 nitrogen and oxygen atoms in total. The third-order valence-electron chi connectivity index (χ3n) is 4.93. The lowest BCUT2D eigenvalue weighted by Gasteiger charge is -2.34. The number of rotatable bonds is 7. The molecule has 2 N–H and O–H groups in total. The number of aromatic nitrogens is 2. The molecular weight excluding hydrogens is 423 g/mol. The number of sulfonamides is 1. The van der Waals surface area contributed by atoms with Crippen molar-refractivity contribution < 1.29 is 26.3 Å². The molecule has 1 aliphatic carbocycles. The molecule has 0 radical (unpaired) electrons. The highest BCUT2D eigenvalue weighted by atomic mass is 32.2. The topological polar surface area (TPSA) is 96.5 Å². The van der Waals surface area contributed by atoms with Crippen molar-refractivity contribution >= 4 is 27.5 Å². The van der Waals surface area contributed by atoms with Crippen LogP contribution in [-0.2, 0) is 14.8 Å².